The molecule has 2 heterocycles. The van der Waals surface area contributed by atoms with E-state index in [9.17, 15) is 4.79 Å². The van der Waals surface area contributed by atoms with Gasteiger partial charge in [0.05, 0.1) is 15.6 Å². The second-order valence-corrected chi connectivity index (χ2v) is 7.74. The molecule has 1 N–H and O–H groups in total. The van der Waals surface area contributed by atoms with E-state index in [1.165, 1.54) is 0 Å². The molecule has 0 radical (unpaired) electrons. The fourth-order valence-electron chi connectivity index (χ4n) is 2.88. The Bertz CT molecular complexity index is 1200. The van der Waals surface area contributed by atoms with E-state index < -0.39 is 0 Å². The molecule has 4 nitrogen and oxygen atoms in total. The zero-order chi connectivity index (χ0) is 19.0. The Balaban J connectivity index is 1.77. The van der Waals surface area contributed by atoms with Crippen LogP contribution < -0.4 is 5.56 Å². The number of nitrogens with zero attached hydrogens (tertiary/aromatic N) is 2. The van der Waals surface area contributed by atoms with Gasteiger partial charge in [0.25, 0.3) is 5.56 Å². The van der Waals surface area contributed by atoms with E-state index in [2.05, 4.69) is 30.9 Å². The third-order valence-corrected chi connectivity index (χ3v) is 5.25. The maximum atomic E-state index is 12.6. The number of pyridine rings is 1. The molecule has 0 bridgehead atoms. The average Bonchev–Trinajstić information content (AvgIpc) is 2.62. The lowest BCUT2D eigenvalue weighted by Gasteiger charge is -2.08. The number of aromatic nitrogens is 3. The number of rotatable bonds is 3. The van der Waals surface area contributed by atoms with E-state index in [0.29, 0.717) is 44.5 Å². The maximum Gasteiger partial charge on any atom is 0.257 e. The van der Waals surface area contributed by atoms with Crippen molar-refractivity contribution in [2.24, 2.45) is 0 Å². The minimum absolute atomic E-state index is 0.301. The normalized spacial score (nSPS) is 11.1. The van der Waals surface area contributed by atoms with Crippen molar-refractivity contribution in [3.63, 3.8) is 0 Å². The van der Waals surface area contributed by atoms with Gasteiger partial charge in [-0.15, -0.1) is 0 Å². The van der Waals surface area contributed by atoms with Crippen molar-refractivity contribution in [1.29, 1.82) is 0 Å². The Morgan fingerprint density at radius 2 is 1.78 bits per heavy atom. The lowest BCUT2D eigenvalue weighted by atomic mass is 10.1. The number of hydrogen-bond acceptors (Lipinski definition) is 3. The van der Waals surface area contributed by atoms with Crippen LogP contribution in [0.4, 0.5) is 0 Å². The van der Waals surface area contributed by atoms with Crippen LogP contribution >= 0.6 is 39.1 Å². The average molecular weight is 461 g/mol. The number of nitrogens with one attached hydrogen (secondary N) is 1. The first kappa shape index (κ1) is 18.2. The molecule has 0 aliphatic heterocycles. The Morgan fingerprint density at radius 1 is 1.04 bits per heavy atom. The molecule has 0 saturated carbocycles. The molecule has 0 atom stereocenters. The Kier molecular flexibility index (Phi) is 5.00. The highest BCUT2D eigenvalue weighted by atomic mass is 79.9. The molecule has 0 aliphatic carbocycles. The summed E-state index contributed by atoms with van der Waals surface area (Å²) in [6.45, 7) is 0. The molecular formula is C20H12BrCl2N3O. The predicted molar refractivity (Wildman–Crippen MR) is 113 cm³/mol. The van der Waals surface area contributed by atoms with Crippen molar-refractivity contribution < 1.29 is 0 Å². The van der Waals surface area contributed by atoms with E-state index in [0.717, 1.165) is 10.0 Å². The highest BCUT2D eigenvalue weighted by Gasteiger charge is 2.14. The summed E-state index contributed by atoms with van der Waals surface area (Å²) < 4.78 is 0.996. The Labute approximate surface area is 173 Å². The summed E-state index contributed by atoms with van der Waals surface area (Å²) in [5, 5.41) is 1.54. The van der Waals surface area contributed by atoms with Gasteiger partial charge in [-0.05, 0) is 35.9 Å². The van der Waals surface area contributed by atoms with E-state index in [1.54, 1.807) is 30.5 Å². The Morgan fingerprint density at radius 3 is 2.52 bits per heavy atom. The molecule has 0 saturated heterocycles. The summed E-state index contributed by atoms with van der Waals surface area (Å²) in [5.74, 6) is 0.625. The largest absolute Gasteiger partial charge is 0.306 e. The van der Waals surface area contributed by atoms with Gasteiger partial charge >= 0.3 is 0 Å². The summed E-state index contributed by atoms with van der Waals surface area (Å²) >= 11 is 15.9. The van der Waals surface area contributed by atoms with Crippen molar-refractivity contribution in [3.05, 3.63) is 91.0 Å². The fraction of sp³-hybridized carbons (Fsp3) is 0.0500. The zero-order valence-electron chi connectivity index (χ0n) is 13.8. The van der Waals surface area contributed by atoms with Crippen molar-refractivity contribution in [2.75, 3.05) is 0 Å². The van der Waals surface area contributed by atoms with Gasteiger partial charge in [0.2, 0.25) is 0 Å². The molecule has 0 amide bonds. The van der Waals surface area contributed by atoms with Crippen LogP contribution in [0.2, 0.25) is 10.0 Å². The molecule has 4 aromatic rings. The predicted octanol–water partition coefficient (Wildman–Crippen LogP) is 5.65. The molecular weight excluding hydrogens is 449 g/mol. The second-order valence-electron chi connectivity index (χ2n) is 6.01. The number of halogens is 3. The van der Waals surface area contributed by atoms with Crippen molar-refractivity contribution in [2.45, 2.75) is 6.42 Å². The van der Waals surface area contributed by atoms with Gasteiger partial charge in [-0.1, -0.05) is 57.3 Å². The lowest BCUT2D eigenvalue weighted by Crippen LogP contribution is -2.11. The van der Waals surface area contributed by atoms with Crippen molar-refractivity contribution >= 4 is 50.2 Å². The molecule has 0 unspecified atom stereocenters. The highest BCUT2D eigenvalue weighted by Crippen LogP contribution is 2.33. The van der Waals surface area contributed by atoms with Crippen molar-refractivity contribution in [3.8, 4) is 11.1 Å². The van der Waals surface area contributed by atoms with Crippen LogP contribution in [0.5, 0.6) is 0 Å². The van der Waals surface area contributed by atoms with Gasteiger partial charge in [-0.25, -0.2) is 9.97 Å². The van der Waals surface area contributed by atoms with E-state index in [4.69, 9.17) is 23.2 Å². The molecule has 27 heavy (non-hydrogen) atoms. The standard InChI is InChI=1S/C20H12BrCl2N3O/c21-13-4-1-3-11(7-13)8-17-24-10-12-9-14(20(27)26-19(12)25-17)18-15(22)5-2-6-16(18)23/h1-7,9-10H,8H2,(H,24,25,26,27). The van der Waals surface area contributed by atoms with Gasteiger partial charge in [0.1, 0.15) is 11.5 Å². The minimum atomic E-state index is -0.301. The molecule has 0 fully saturated rings. The zero-order valence-corrected chi connectivity index (χ0v) is 16.9. The molecule has 7 heteroatoms. The van der Waals surface area contributed by atoms with Crippen molar-refractivity contribution in [1.82, 2.24) is 15.0 Å². The number of aromatic amines is 1. The van der Waals surface area contributed by atoms with Crippen LogP contribution in [0.3, 0.4) is 0 Å². The smallest absolute Gasteiger partial charge is 0.257 e. The van der Waals surface area contributed by atoms with Crippen LogP contribution in [0.1, 0.15) is 11.4 Å². The quantitative estimate of drug-likeness (QED) is 0.430. The minimum Gasteiger partial charge on any atom is -0.306 e. The van der Waals surface area contributed by atoms with Crippen LogP contribution in [0.25, 0.3) is 22.2 Å². The summed E-state index contributed by atoms with van der Waals surface area (Å²) in [5.41, 5.74) is 2.14. The van der Waals surface area contributed by atoms with E-state index in [1.807, 2.05) is 24.3 Å². The third-order valence-electron chi connectivity index (χ3n) is 4.13. The van der Waals surface area contributed by atoms with Gasteiger partial charge in [0.15, 0.2) is 0 Å². The topological polar surface area (TPSA) is 58.6 Å². The molecule has 0 spiro atoms. The highest BCUT2D eigenvalue weighted by molar-refractivity contribution is 9.10. The first-order chi connectivity index (χ1) is 13.0. The Hall–Kier alpha value is -2.21. The van der Waals surface area contributed by atoms with Gasteiger partial charge in [-0.3, -0.25) is 4.79 Å². The van der Waals surface area contributed by atoms with Crippen LogP contribution in [0.15, 0.2) is 64.0 Å². The lowest BCUT2D eigenvalue weighted by molar-refractivity contribution is 0.980. The number of benzene rings is 2. The second kappa shape index (κ2) is 7.43. The monoisotopic (exact) mass is 459 g/mol. The molecule has 4 rings (SSSR count). The van der Waals surface area contributed by atoms with Crippen LogP contribution in [-0.4, -0.2) is 15.0 Å². The van der Waals surface area contributed by atoms with Gasteiger partial charge < -0.3 is 4.98 Å². The maximum absolute atomic E-state index is 12.6. The van der Waals surface area contributed by atoms with Crippen LogP contribution in [-0.2, 0) is 6.42 Å². The van der Waals surface area contributed by atoms with Gasteiger partial charge in [0, 0.05) is 28.0 Å². The number of hydrogen-bond donors (Lipinski definition) is 1. The molecule has 2 aromatic heterocycles. The van der Waals surface area contributed by atoms with Gasteiger partial charge in [-0.2, -0.15) is 0 Å². The SMILES string of the molecule is O=c1[nH]c2nc(Cc3cccc(Br)c3)ncc2cc1-c1c(Cl)cccc1Cl. The van der Waals surface area contributed by atoms with E-state index in [-0.39, 0.29) is 5.56 Å². The number of fused-ring (bicyclic) bond motifs is 1. The van der Waals surface area contributed by atoms with Crippen LogP contribution in [0, 0.1) is 0 Å². The molecule has 0 aliphatic rings. The first-order valence-corrected chi connectivity index (χ1v) is 9.64. The molecule has 134 valence electrons. The molecule has 2 aromatic carbocycles. The fourth-order valence-corrected chi connectivity index (χ4v) is 3.93. The summed E-state index contributed by atoms with van der Waals surface area (Å²) in [6.07, 6.45) is 2.26. The summed E-state index contributed by atoms with van der Waals surface area (Å²) in [6, 6.07) is 14.8. The first-order valence-electron chi connectivity index (χ1n) is 8.09. The summed E-state index contributed by atoms with van der Waals surface area (Å²) in [4.78, 5) is 24.3. The van der Waals surface area contributed by atoms with E-state index >= 15 is 0 Å². The summed E-state index contributed by atoms with van der Waals surface area (Å²) in [7, 11) is 0. The third kappa shape index (κ3) is 3.76. The number of H-pyrrole nitrogens is 1.